The van der Waals surface area contributed by atoms with E-state index in [-0.39, 0.29) is 84.4 Å². The molecule has 1 aromatic heterocycles. The first-order chi connectivity index (χ1) is 21.4. The molecule has 45 heavy (non-hydrogen) atoms. The monoisotopic (exact) mass is 648 g/mol. The number of carboxylic acid groups (broad SMARTS) is 1. The highest BCUT2D eigenvalue weighted by Gasteiger charge is 2.42. The second-order valence-electron chi connectivity index (χ2n) is 10.3. The van der Waals surface area contributed by atoms with E-state index in [9.17, 15) is 28.3 Å². The van der Waals surface area contributed by atoms with Gasteiger partial charge in [-0.05, 0) is 43.3 Å². The molecule has 3 heterocycles. The van der Waals surface area contributed by atoms with Crippen molar-refractivity contribution < 1.29 is 42.9 Å². The molecule has 0 spiro atoms. The number of hydrogen-bond acceptors (Lipinski definition) is 8. The molecular weight excluding hydrogens is 618 g/mol. The minimum atomic E-state index is -1.41. The van der Waals surface area contributed by atoms with E-state index in [1.54, 1.807) is 9.80 Å². The Morgan fingerprint density at radius 2 is 1.78 bits per heavy atom. The predicted molar refractivity (Wildman–Crippen MR) is 158 cm³/mol. The maximum atomic E-state index is 14.6. The lowest BCUT2D eigenvalue weighted by Crippen LogP contribution is -2.57. The quantitative estimate of drug-likeness (QED) is 0.292. The zero-order chi connectivity index (χ0) is 32.9. The number of amides is 3. The molecule has 16 heteroatoms. The van der Waals surface area contributed by atoms with Crippen LogP contribution in [0.5, 0.6) is 5.75 Å². The Morgan fingerprint density at radius 3 is 2.38 bits per heavy atom. The molecule has 0 aliphatic carbocycles. The van der Waals surface area contributed by atoms with Crippen molar-refractivity contribution in [1.29, 1.82) is 0 Å². The number of carbonyl (C=O) groups is 4. The average molecular weight is 649 g/mol. The Hall–Kier alpha value is -4.60. The summed E-state index contributed by atoms with van der Waals surface area (Å²) in [7, 11) is 2.72. The van der Waals surface area contributed by atoms with Gasteiger partial charge in [0.25, 0.3) is 24.2 Å². The second kappa shape index (κ2) is 14.0. The number of β-amino-alcohol motifs (C(OH)–C–C–N with tert-alkyl or cyclic N) is 1. The lowest BCUT2D eigenvalue weighted by atomic mass is 10.0. The van der Waals surface area contributed by atoms with Gasteiger partial charge in [0.1, 0.15) is 0 Å². The van der Waals surface area contributed by atoms with E-state index in [1.165, 1.54) is 55.3 Å². The number of methoxy groups -OCH3 is 1. The molecule has 0 radical (unpaired) electrons. The summed E-state index contributed by atoms with van der Waals surface area (Å²) >= 11 is 6.42. The molecule has 2 saturated heterocycles. The normalized spacial score (nSPS) is 17.7. The van der Waals surface area contributed by atoms with Crippen molar-refractivity contribution in [2.24, 2.45) is 7.05 Å². The van der Waals surface area contributed by atoms with Crippen LogP contribution in [0.3, 0.4) is 0 Å². The summed E-state index contributed by atoms with van der Waals surface area (Å²) in [6, 6.07) is 7.05. The number of rotatable bonds is 6. The smallest absolute Gasteiger partial charge is 0.291 e. The predicted octanol–water partition coefficient (Wildman–Crippen LogP) is 1.99. The van der Waals surface area contributed by atoms with Gasteiger partial charge in [0, 0.05) is 51.0 Å². The average Bonchev–Trinajstić information content (AvgIpc) is 3.64. The van der Waals surface area contributed by atoms with E-state index in [4.69, 9.17) is 26.2 Å². The topological polar surface area (TPSA) is 166 Å². The summed E-state index contributed by atoms with van der Waals surface area (Å²) in [4.78, 5) is 54.4. The number of aliphatic hydroxyl groups is 1. The number of nitrogens with zero attached hydrogens (tertiary/aromatic N) is 4. The maximum Gasteiger partial charge on any atom is 0.291 e. The van der Waals surface area contributed by atoms with Crippen LogP contribution in [0, 0.1) is 11.6 Å². The SMILES string of the molecule is COc1ccc(-c2cnc(C(=O)Nc3ccc(C(=O)N4CCN(C(=O)C5(O)CCNC5)CC4)c(Cl)c3)n2C)c(F)c1F.O=CO. The van der Waals surface area contributed by atoms with Crippen molar-refractivity contribution in [1.82, 2.24) is 24.7 Å². The van der Waals surface area contributed by atoms with Crippen LogP contribution in [0.25, 0.3) is 11.3 Å². The van der Waals surface area contributed by atoms with Crippen LogP contribution < -0.4 is 15.4 Å². The van der Waals surface area contributed by atoms with E-state index in [1.807, 2.05) is 0 Å². The molecule has 0 bridgehead atoms. The number of ether oxygens (including phenoxy) is 1. The van der Waals surface area contributed by atoms with Crippen LogP contribution in [0.4, 0.5) is 14.5 Å². The number of carbonyl (C=O) groups excluding carboxylic acids is 3. The van der Waals surface area contributed by atoms with Gasteiger partial charge in [0.15, 0.2) is 23.0 Å². The fraction of sp³-hybridized carbons (Fsp3) is 0.345. The van der Waals surface area contributed by atoms with Crippen molar-refractivity contribution in [3.05, 3.63) is 64.6 Å². The lowest BCUT2D eigenvalue weighted by molar-refractivity contribution is -0.150. The number of aromatic nitrogens is 2. The van der Waals surface area contributed by atoms with Crippen molar-refractivity contribution in [2.45, 2.75) is 12.0 Å². The minimum absolute atomic E-state index is 0.0673. The van der Waals surface area contributed by atoms with Crippen molar-refractivity contribution in [3.63, 3.8) is 0 Å². The van der Waals surface area contributed by atoms with E-state index in [0.717, 1.165) is 0 Å². The molecule has 3 amide bonds. The highest BCUT2D eigenvalue weighted by Crippen LogP contribution is 2.30. The third kappa shape index (κ3) is 6.90. The molecule has 0 saturated carbocycles. The van der Waals surface area contributed by atoms with Gasteiger partial charge in [-0.25, -0.2) is 9.37 Å². The van der Waals surface area contributed by atoms with E-state index >= 15 is 0 Å². The molecule has 3 aromatic rings. The third-order valence-electron chi connectivity index (χ3n) is 7.58. The molecule has 13 nitrogen and oxygen atoms in total. The molecule has 2 aromatic carbocycles. The van der Waals surface area contributed by atoms with E-state index in [2.05, 4.69) is 15.6 Å². The van der Waals surface area contributed by atoms with Gasteiger partial charge < -0.3 is 40.0 Å². The van der Waals surface area contributed by atoms with Gasteiger partial charge in [-0.3, -0.25) is 19.2 Å². The van der Waals surface area contributed by atoms with Crippen molar-refractivity contribution in [3.8, 4) is 17.0 Å². The number of nitrogens with one attached hydrogen (secondary N) is 2. The van der Waals surface area contributed by atoms with Crippen LogP contribution >= 0.6 is 11.6 Å². The summed E-state index contributed by atoms with van der Waals surface area (Å²) in [5, 5.41) is 23.2. The van der Waals surface area contributed by atoms with Crippen LogP contribution in [0.1, 0.15) is 27.4 Å². The van der Waals surface area contributed by atoms with Crippen molar-refractivity contribution >= 4 is 41.5 Å². The zero-order valence-corrected chi connectivity index (χ0v) is 25.1. The molecule has 5 rings (SSSR count). The molecule has 240 valence electrons. The molecule has 4 N–H and O–H groups in total. The Balaban J connectivity index is 0.00000148. The van der Waals surface area contributed by atoms with Crippen LogP contribution in [-0.2, 0) is 16.6 Å². The zero-order valence-electron chi connectivity index (χ0n) is 24.3. The number of halogens is 3. The molecule has 2 aliphatic rings. The summed E-state index contributed by atoms with van der Waals surface area (Å²) < 4.78 is 35.0. The van der Waals surface area contributed by atoms with E-state index < -0.39 is 23.1 Å². The van der Waals surface area contributed by atoms with Gasteiger partial charge >= 0.3 is 0 Å². The summed E-state index contributed by atoms with van der Waals surface area (Å²) in [6.45, 7) is 1.68. The maximum absolute atomic E-state index is 14.6. The fourth-order valence-electron chi connectivity index (χ4n) is 5.15. The Bertz CT molecular complexity index is 1600. The summed E-state index contributed by atoms with van der Waals surface area (Å²) in [5.41, 5.74) is -0.805. The van der Waals surface area contributed by atoms with Gasteiger partial charge in [-0.2, -0.15) is 4.39 Å². The minimum Gasteiger partial charge on any atom is -0.494 e. The Labute approximate surface area is 261 Å². The highest BCUT2D eigenvalue weighted by atomic mass is 35.5. The van der Waals surface area contributed by atoms with Gasteiger partial charge in [0.05, 0.1) is 29.6 Å². The Kier molecular flexibility index (Phi) is 10.4. The number of hydrogen-bond donors (Lipinski definition) is 4. The fourth-order valence-corrected chi connectivity index (χ4v) is 5.41. The number of imidazole rings is 1. The largest absolute Gasteiger partial charge is 0.494 e. The number of piperazine rings is 1. The van der Waals surface area contributed by atoms with Gasteiger partial charge in [-0.15, -0.1) is 0 Å². The first kappa shape index (κ1) is 33.3. The summed E-state index contributed by atoms with van der Waals surface area (Å²) in [6.07, 6.45) is 1.61. The molecular formula is C29H31ClF2N6O7. The van der Waals surface area contributed by atoms with E-state index in [0.29, 0.717) is 18.7 Å². The van der Waals surface area contributed by atoms with Crippen LogP contribution in [-0.4, -0.2) is 106 Å². The highest BCUT2D eigenvalue weighted by molar-refractivity contribution is 6.34. The Morgan fingerprint density at radius 1 is 1.11 bits per heavy atom. The van der Waals surface area contributed by atoms with Gasteiger partial charge in [-0.1, -0.05) is 11.6 Å². The second-order valence-corrected chi connectivity index (χ2v) is 10.7. The van der Waals surface area contributed by atoms with Crippen LogP contribution in [0.2, 0.25) is 5.02 Å². The first-order valence-corrected chi connectivity index (χ1v) is 14.1. The number of anilines is 1. The molecule has 1 atom stereocenters. The number of benzene rings is 2. The standard InChI is InChI=1S/C28H29ClF2N6O5.CH2O2/c1-35-20(18-5-6-21(42-2)23(31)22(18)30)14-33-24(35)25(38)34-16-3-4-17(19(29)13-16)26(39)36-9-11-37(12-10-36)27(40)28(41)7-8-32-15-28;2-1-3/h3-6,13-14,32,41H,7-12,15H2,1-2H3,(H,34,38);1H,(H,2,3). The molecule has 1 unspecified atom stereocenters. The van der Waals surface area contributed by atoms with Gasteiger partial charge in [0.2, 0.25) is 5.82 Å². The lowest BCUT2D eigenvalue weighted by Gasteiger charge is -2.37. The first-order valence-electron chi connectivity index (χ1n) is 13.7. The molecule has 2 fully saturated rings. The van der Waals surface area contributed by atoms with Crippen LogP contribution in [0.15, 0.2) is 36.5 Å². The summed E-state index contributed by atoms with van der Waals surface area (Å²) in [5.74, 6) is -3.89. The van der Waals surface area contributed by atoms with Crippen molar-refractivity contribution in [2.75, 3.05) is 51.7 Å². The molecule has 2 aliphatic heterocycles. The third-order valence-corrected chi connectivity index (χ3v) is 7.89.